The fourth-order valence-electron chi connectivity index (χ4n) is 4.90. The molecular weight excluding hydrogens is 447 g/mol. The molecule has 1 amide bonds. The second kappa shape index (κ2) is 10.2. The molecule has 2 aliphatic rings. The lowest BCUT2D eigenvalue weighted by atomic mass is 9.73. The first-order chi connectivity index (χ1) is 16.0. The molecule has 2 heterocycles. The molecule has 0 radical (unpaired) electrons. The van der Waals surface area contributed by atoms with Gasteiger partial charge in [0, 0.05) is 44.4 Å². The van der Waals surface area contributed by atoms with Crippen LogP contribution in [0.5, 0.6) is 0 Å². The highest BCUT2D eigenvalue weighted by atomic mass is 35.5. The molecule has 176 valence electrons. The molecule has 0 spiro atoms. The van der Waals surface area contributed by atoms with E-state index >= 15 is 0 Å². The molecule has 2 aliphatic heterocycles. The number of carbonyl (C=O) groups is 2. The number of nitrogens with zero attached hydrogens (tertiary/aromatic N) is 2. The van der Waals surface area contributed by atoms with Crippen LogP contribution in [0.3, 0.4) is 0 Å². The van der Waals surface area contributed by atoms with Gasteiger partial charge in [-0.15, -0.1) is 0 Å². The van der Waals surface area contributed by atoms with Gasteiger partial charge < -0.3 is 14.4 Å². The van der Waals surface area contributed by atoms with Crippen LogP contribution in [0.4, 0.5) is 4.39 Å². The fraction of sp³-hybridized carbons (Fsp3) is 0.440. The summed E-state index contributed by atoms with van der Waals surface area (Å²) in [5.74, 6) is -0.747. The van der Waals surface area contributed by atoms with Gasteiger partial charge in [-0.25, -0.2) is 9.18 Å². The van der Waals surface area contributed by atoms with Crippen LogP contribution < -0.4 is 0 Å². The van der Waals surface area contributed by atoms with E-state index in [2.05, 4.69) is 0 Å². The number of benzene rings is 2. The van der Waals surface area contributed by atoms with Crippen LogP contribution in [-0.4, -0.2) is 68.2 Å². The third-order valence-electron chi connectivity index (χ3n) is 6.72. The normalized spacial score (nSPS) is 19.7. The van der Waals surface area contributed by atoms with Crippen molar-refractivity contribution < 1.29 is 23.5 Å². The Bertz CT molecular complexity index is 1000. The molecule has 6 nitrogen and oxygen atoms in total. The van der Waals surface area contributed by atoms with Crippen molar-refractivity contribution in [2.75, 3.05) is 46.5 Å². The van der Waals surface area contributed by atoms with Crippen molar-refractivity contribution in [3.63, 3.8) is 0 Å². The Morgan fingerprint density at radius 1 is 1.06 bits per heavy atom. The smallest absolute Gasteiger partial charge is 0.327 e. The zero-order valence-electron chi connectivity index (χ0n) is 18.6. The number of halogens is 2. The summed E-state index contributed by atoms with van der Waals surface area (Å²) >= 11 is 6.38. The highest BCUT2D eigenvalue weighted by molar-refractivity contribution is 6.31. The minimum atomic E-state index is -0.799. The summed E-state index contributed by atoms with van der Waals surface area (Å²) < 4.78 is 24.6. The van der Waals surface area contributed by atoms with E-state index in [1.54, 1.807) is 12.1 Å². The quantitative estimate of drug-likeness (QED) is 0.620. The average molecular weight is 475 g/mol. The Kier molecular flexibility index (Phi) is 7.32. The number of hydrogen-bond acceptors (Lipinski definition) is 5. The van der Waals surface area contributed by atoms with E-state index in [4.69, 9.17) is 21.1 Å². The second-order valence-electron chi connectivity index (χ2n) is 8.48. The molecule has 2 saturated heterocycles. The molecule has 8 heteroatoms. The lowest BCUT2D eigenvalue weighted by Crippen LogP contribution is -2.57. The van der Waals surface area contributed by atoms with Gasteiger partial charge in [0.1, 0.15) is 11.9 Å². The van der Waals surface area contributed by atoms with Crippen LogP contribution in [0, 0.1) is 5.82 Å². The molecule has 0 aliphatic carbocycles. The Balaban J connectivity index is 1.54. The molecule has 0 saturated carbocycles. The van der Waals surface area contributed by atoms with Crippen LogP contribution >= 0.6 is 11.6 Å². The van der Waals surface area contributed by atoms with Gasteiger partial charge in [-0.3, -0.25) is 9.69 Å². The highest BCUT2D eigenvalue weighted by Crippen LogP contribution is 2.38. The second-order valence-corrected chi connectivity index (χ2v) is 8.89. The predicted octanol–water partition coefficient (Wildman–Crippen LogP) is 3.59. The summed E-state index contributed by atoms with van der Waals surface area (Å²) in [6.45, 7) is 2.81. The van der Waals surface area contributed by atoms with E-state index < -0.39 is 11.5 Å². The van der Waals surface area contributed by atoms with Crippen molar-refractivity contribution in [3.8, 4) is 0 Å². The van der Waals surface area contributed by atoms with E-state index in [1.807, 2.05) is 34.1 Å². The van der Waals surface area contributed by atoms with Gasteiger partial charge in [0.2, 0.25) is 5.91 Å². The van der Waals surface area contributed by atoms with Crippen LogP contribution in [0.1, 0.15) is 30.0 Å². The third kappa shape index (κ3) is 4.76. The first-order valence-corrected chi connectivity index (χ1v) is 11.5. The number of piperazine rings is 1. The van der Waals surface area contributed by atoms with E-state index in [-0.39, 0.29) is 17.7 Å². The summed E-state index contributed by atoms with van der Waals surface area (Å²) in [5.41, 5.74) is 0.584. The number of hydrogen-bond donors (Lipinski definition) is 0. The third-order valence-corrected chi connectivity index (χ3v) is 7.07. The summed E-state index contributed by atoms with van der Waals surface area (Å²) in [7, 11) is 1.36. The molecule has 2 fully saturated rings. The van der Waals surface area contributed by atoms with Crippen molar-refractivity contribution in [1.82, 2.24) is 9.80 Å². The highest BCUT2D eigenvalue weighted by Gasteiger charge is 2.45. The van der Waals surface area contributed by atoms with Gasteiger partial charge in [0.25, 0.3) is 0 Å². The maximum absolute atomic E-state index is 14.0. The van der Waals surface area contributed by atoms with Crippen LogP contribution in [-0.2, 0) is 24.5 Å². The van der Waals surface area contributed by atoms with Crippen LogP contribution in [0.25, 0.3) is 0 Å². The molecule has 1 atom stereocenters. The minimum absolute atomic E-state index is 0.0107. The lowest BCUT2D eigenvalue weighted by molar-refractivity contribution is -0.150. The van der Waals surface area contributed by atoms with E-state index in [9.17, 15) is 14.0 Å². The molecule has 1 unspecified atom stereocenters. The first kappa shape index (κ1) is 23.7. The van der Waals surface area contributed by atoms with Gasteiger partial charge in [0.15, 0.2) is 0 Å². The molecule has 33 heavy (non-hydrogen) atoms. The number of carbonyl (C=O) groups excluding carboxylic acids is 2. The summed E-state index contributed by atoms with van der Waals surface area (Å²) in [4.78, 5) is 30.3. The monoisotopic (exact) mass is 474 g/mol. The topological polar surface area (TPSA) is 59.1 Å². The van der Waals surface area contributed by atoms with Crippen LogP contribution in [0.15, 0.2) is 48.5 Å². The lowest BCUT2D eigenvalue weighted by Gasteiger charge is -2.44. The standard InChI is InChI=1S/C25H28ClFN2O4/c1-32-23(30)22(20-7-2-3-8-21(20)26)28-11-13-29(14-12-28)24(31)25(9-15-33-16-10-25)18-5-4-6-19(27)17-18/h2-8,17,22H,9-16H2,1H3. The maximum Gasteiger partial charge on any atom is 0.327 e. The van der Waals surface area contributed by atoms with Crippen molar-refractivity contribution >= 4 is 23.5 Å². The van der Waals surface area contributed by atoms with Gasteiger partial charge in [-0.2, -0.15) is 0 Å². The summed E-state index contributed by atoms with van der Waals surface area (Å²) in [6, 6.07) is 12.9. The largest absolute Gasteiger partial charge is 0.468 e. The number of esters is 1. The molecule has 2 aromatic carbocycles. The molecule has 0 bridgehead atoms. The van der Waals surface area contributed by atoms with E-state index in [0.717, 1.165) is 0 Å². The number of amides is 1. The van der Waals surface area contributed by atoms with E-state index in [1.165, 1.54) is 19.2 Å². The van der Waals surface area contributed by atoms with Crippen molar-refractivity contribution in [3.05, 3.63) is 70.5 Å². The van der Waals surface area contributed by atoms with Crippen LogP contribution in [0.2, 0.25) is 5.02 Å². The Hall–Kier alpha value is -2.48. The van der Waals surface area contributed by atoms with Crippen molar-refractivity contribution in [2.24, 2.45) is 0 Å². The number of ether oxygens (including phenoxy) is 2. The SMILES string of the molecule is COC(=O)C(c1ccccc1Cl)N1CCN(C(=O)C2(c3cccc(F)c3)CCOCC2)CC1. The number of rotatable bonds is 5. The zero-order chi connectivity index (χ0) is 23.4. The Labute approximate surface area is 198 Å². The van der Waals surface area contributed by atoms with Gasteiger partial charge in [-0.05, 0) is 42.2 Å². The molecule has 4 rings (SSSR count). The fourth-order valence-corrected chi connectivity index (χ4v) is 5.14. The number of methoxy groups -OCH3 is 1. The minimum Gasteiger partial charge on any atom is -0.468 e. The van der Waals surface area contributed by atoms with Crippen molar-refractivity contribution in [2.45, 2.75) is 24.3 Å². The average Bonchev–Trinajstić information content (AvgIpc) is 2.85. The molecule has 2 aromatic rings. The van der Waals surface area contributed by atoms with E-state index in [0.29, 0.717) is 68.4 Å². The molecule has 0 N–H and O–H groups in total. The first-order valence-electron chi connectivity index (χ1n) is 11.2. The van der Waals surface area contributed by atoms with Gasteiger partial charge in [0.05, 0.1) is 12.5 Å². The van der Waals surface area contributed by atoms with Gasteiger partial charge >= 0.3 is 5.97 Å². The Morgan fingerprint density at radius 2 is 1.76 bits per heavy atom. The molecule has 0 aromatic heterocycles. The zero-order valence-corrected chi connectivity index (χ0v) is 19.4. The maximum atomic E-state index is 14.0. The summed E-state index contributed by atoms with van der Waals surface area (Å²) in [6.07, 6.45) is 1.03. The van der Waals surface area contributed by atoms with Crippen molar-refractivity contribution in [1.29, 1.82) is 0 Å². The molecular formula is C25H28ClFN2O4. The summed E-state index contributed by atoms with van der Waals surface area (Å²) in [5, 5.41) is 0.499. The predicted molar refractivity (Wildman–Crippen MR) is 122 cm³/mol. The van der Waals surface area contributed by atoms with Gasteiger partial charge in [-0.1, -0.05) is 41.9 Å². The Morgan fingerprint density at radius 3 is 2.39 bits per heavy atom.